The number of unbranched alkanes of at least 4 members (excludes halogenated alkanes) is 1. The molecule has 1 heteroatoms. The van der Waals surface area contributed by atoms with Gasteiger partial charge in [-0.1, -0.05) is 65.1 Å². The number of hydrogen-bond acceptors (Lipinski definition) is 0. The predicted molar refractivity (Wildman–Crippen MR) is 57.7 cm³/mol. The van der Waals surface area contributed by atoms with Gasteiger partial charge in [-0.15, -0.1) is 0 Å². The van der Waals surface area contributed by atoms with E-state index >= 15 is 0 Å². The molecular formula is C11H23B. The molecule has 2 atom stereocenters. The van der Waals surface area contributed by atoms with Crippen LogP contribution in [0.3, 0.4) is 0 Å². The Balaban J connectivity index is 0.000000561. The van der Waals surface area contributed by atoms with Gasteiger partial charge < -0.3 is 0 Å². The molecule has 0 heterocycles. The van der Waals surface area contributed by atoms with Crippen LogP contribution in [0.4, 0.5) is 0 Å². The Morgan fingerprint density at radius 2 is 1.92 bits per heavy atom. The lowest BCUT2D eigenvalue weighted by molar-refractivity contribution is 0.480. The van der Waals surface area contributed by atoms with Crippen molar-refractivity contribution in [1.82, 2.24) is 0 Å². The number of rotatable bonds is 3. The molecule has 0 spiro atoms. The molecule has 0 saturated heterocycles. The maximum Gasteiger partial charge on any atom is 0.0699 e. The molecular weight excluding hydrogens is 143 g/mol. The Kier molecular flexibility index (Phi) is 7.74. The SMILES string of the molecule is CC.[B]C1CCC(CCCC)C1. The molecule has 0 aromatic rings. The van der Waals surface area contributed by atoms with Crippen molar-refractivity contribution in [2.75, 3.05) is 0 Å². The monoisotopic (exact) mass is 166 g/mol. The fourth-order valence-electron chi connectivity index (χ4n) is 1.87. The van der Waals surface area contributed by atoms with Crippen molar-refractivity contribution < 1.29 is 0 Å². The lowest BCUT2D eigenvalue weighted by Gasteiger charge is -2.06. The highest BCUT2D eigenvalue weighted by Gasteiger charge is 2.19. The first-order valence-electron chi connectivity index (χ1n) is 5.58. The summed E-state index contributed by atoms with van der Waals surface area (Å²) >= 11 is 0. The lowest BCUT2D eigenvalue weighted by atomic mass is 9.85. The molecule has 1 aliphatic carbocycles. The summed E-state index contributed by atoms with van der Waals surface area (Å²) in [5.74, 6) is 1.50. The normalized spacial score (nSPS) is 27.9. The van der Waals surface area contributed by atoms with Crippen LogP contribution in [-0.2, 0) is 0 Å². The quantitative estimate of drug-likeness (QED) is 0.556. The smallest absolute Gasteiger partial charge is 0.0699 e. The van der Waals surface area contributed by atoms with Crippen LogP contribution in [-0.4, -0.2) is 7.85 Å². The van der Waals surface area contributed by atoms with Crippen molar-refractivity contribution in [3.63, 3.8) is 0 Å². The van der Waals surface area contributed by atoms with E-state index in [0.717, 1.165) is 5.92 Å². The minimum absolute atomic E-state index is 0.529. The van der Waals surface area contributed by atoms with Crippen molar-refractivity contribution in [3.05, 3.63) is 0 Å². The van der Waals surface area contributed by atoms with Gasteiger partial charge in [0, 0.05) is 0 Å². The zero-order valence-electron chi connectivity index (χ0n) is 8.97. The minimum Gasteiger partial charge on any atom is -0.0771 e. The average molecular weight is 166 g/mol. The summed E-state index contributed by atoms with van der Waals surface area (Å²) in [6.45, 7) is 6.26. The molecule has 12 heavy (non-hydrogen) atoms. The Hall–Kier alpha value is 0.0649. The average Bonchev–Trinajstić information content (AvgIpc) is 2.51. The third-order valence-electron chi connectivity index (χ3n) is 2.55. The Morgan fingerprint density at radius 3 is 2.33 bits per heavy atom. The van der Waals surface area contributed by atoms with Crippen molar-refractivity contribution in [2.45, 2.75) is 65.1 Å². The van der Waals surface area contributed by atoms with Crippen LogP contribution < -0.4 is 0 Å². The molecule has 1 aliphatic rings. The van der Waals surface area contributed by atoms with Gasteiger partial charge >= 0.3 is 0 Å². The zero-order valence-corrected chi connectivity index (χ0v) is 8.97. The Bertz CT molecular complexity index is 91.0. The predicted octanol–water partition coefficient (Wildman–Crippen LogP) is 3.96. The molecule has 0 amide bonds. The molecule has 2 unspecified atom stereocenters. The molecule has 2 radical (unpaired) electrons. The van der Waals surface area contributed by atoms with Gasteiger partial charge in [0.05, 0.1) is 7.85 Å². The maximum absolute atomic E-state index is 5.80. The zero-order chi connectivity index (χ0) is 9.40. The summed E-state index contributed by atoms with van der Waals surface area (Å²) in [7, 11) is 5.80. The van der Waals surface area contributed by atoms with Crippen LogP contribution >= 0.6 is 0 Å². The van der Waals surface area contributed by atoms with E-state index in [9.17, 15) is 0 Å². The van der Waals surface area contributed by atoms with E-state index in [4.69, 9.17) is 7.85 Å². The standard InChI is InChI=1S/C9H17B.C2H6/c1-2-3-4-8-5-6-9(10)7-8;1-2/h8-9H,2-7H2,1H3;1-2H3. The molecule has 0 nitrogen and oxygen atoms in total. The second-order valence-corrected chi connectivity index (χ2v) is 3.58. The van der Waals surface area contributed by atoms with Gasteiger partial charge in [-0.3, -0.25) is 0 Å². The summed E-state index contributed by atoms with van der Waals surface area (Å²) in [6.07, 6.45) is 8.11. The van der Waals surface area contributed by atoms with Crippen LogP contribution in [0.25, 0.3) is 0 Å². The molecule has 1 fully saturated rings. The lowest BCUT2D eigenvalue weighted by Crippen LogP contribution is -1.92. The van der Waals surface area contributed by atoms with E-state index < -0.39 is 0 Å². The van der Waals surface area contributed by atoms with Crippen LogP contribution in [0.15, 0.2) is 0 Å². The fraction of sp³-hybridized carbons (Fsp3) is 1.00. The fourth-order valence-corrected chi connectivity index (χ4v) is 1.87. The third-order valence-corrected chi connectivity index (χ3v) is 2.55. The largest absolute Gasteiger partial charge is 0.0771 e. The molecule has 0 aromatic carbocycles. The summed E-state index contributed by atoms with van der Waals surface area (Å²) in [5.41, 5.74) is 0. The van der Waals surface area contributed by atoms with Gasteiger partial charge in [0.25, 0.3) is 0 Å². The van der Waals surface area contributed by atoms with Gasteiger partial charge in [0.15, 0.2) is 0 Å². The minimum atomic E-state index is 0.529. The molecule has 1 rings (SSSR count). The molecule has 70 valence electrons. The maximum atomic E-state index is 5.80. The van der Waals surface area contributed by atoms with Gasteiger partial charge in [-0.05, 0) is 5.92 Å². The van der Waals surface area contributed by atoms with E-state index in [2.05, 4.69) is 6.92 Å². The van der Waals surface area contributed by atoms with Crippen molar-refractivity contribution >= 4 is 7.85 Å². The van der Waals surface area contributed by atoms with Crippen molar-refractivity contribution in [3.8, 4) is 0 Å². The summed E-state index contributed by atoms with van der Waals surface area (Å²) in [5, 5.41) is 0. The van der Waals surface area contributed by atoms with Gasteiger partial charge in [-0.25, -0.2) is 0 Å². The Labute approximate surface area is 79.5 Å². The van der Waals surface area contributed by atoms with Gasteiger partial charge in [0.2, 0.25) is 0 Å². The van der Waals surface area contributed by atoms with Crippen LogP contribution in [0.5, 0.6) is 0 Å². The molecule has 1 saturated carbocycles. The molecule has 0 bridgehead atoms. The summed E-state index contributed by atoms with van der Waals surface area (Å²) in [6, 6.07) is 0. The highest BCUT2D eigenvalue weighted by atomic mass is 14.2. The van der Waals surface area contributed by atoms with E-state index in [1.807, 2.05) is 13.8 Å². The van der Waals surface area contributed by atoms with Gasteiger partial charge in [0.1, 0.15) is 0 Å². The molecule has 0 aromatic heterocycles. The first-order chi connectivity index (χ1) is 5.83. The van der Waals surface area contributed by atoms with E-state index in [-0.39, 0.29) is 0 Å². The van der Waals surface area contributed by atoms with E-state index in [0.29, 0.717) is 5.82 Å². The number of hydrogen-bond donors (Lipinski definition) is 0. The van der Waals surface area contributed by atoms with E-state index in [1.54, 1.807) is 0 Å². The first-order valence-corrected chi connectivity index (χ1v) is 5.58. The summed E-state index contributed by atoms with van der Waals surface area (Å²) in [4.78, 5) is 0. The van der Waals surface area contributed by atoms with E-state index in [1.165, 1.54) is 38.5 Å². The highest BCUT2D eigenvalue weighted by molar-refractivity contribution is 6.11. The third kappa shape index (κ3) is 4.85. The highest BCUT2D eigenvalue weighted by Crippen LogP contribution is 2.35. The second kappa shape index (κ2) is 7.70. The molecule has 0 N–H and O–H groups in total. The van der Waals surface area contributed by atoms with Crippen LogP contribution in [0.2, 0.25) is 5.82 Å². The summed E-state index contributed by atoms with van der Waals surface area (Å²) < 4.78 is 0. The van der Waals surface area contributed by atoms with Crippen LogP contribution in [0.1, 0.15) is 59.3 Å². The first kappa shape index (κ1) is 12.1. The Morgan fingerprint density at radius 1 is 1.25 bits per heavy atom. The molecule has 0 aliphatic heterocycles. The van der Waals surface area contributed by atoms with Crippen LogP contribution in [0, 0.1) is 5.92 Å². The topological polar surface area (TPSA) is 0 Å². The van der Waals surface area contributed by atoms with Crippen molar-refractivity contribution in [1.29, 1.82) is 0 Å². The van der Waals surface area contributed by atoms with Crippen molar-refractivity contribution in [2.24, 2.45) is 5.92 Å². The van der Waals surface area contributed by atoms with Gasteiger partial charge in [-0.2, -0.15) is 0 Å². The second-order valence-electron chi connectivity index (χ2n) is 3.58.